The molecule has 0 saturated carbocycles. The van der Waals surface area contributed by atoms with Crippen molar-refractivity contribution in [3.05, 3.63) is 29.8 Å². The Bertz CT molecular complexity index is 534. The average Bonchev–Trinajstić information content (AvgIpc) is 2.59. The van der Waals surface area contributed by atoms with Crippen molar-refractivity contribution in [3.63, 3.8) is 0 Å². The molecule has 0 aromatic heterocycles. The molecule has 1 saturated heterocycles. The van der Waals surface area contributed by atoms with Crippen LogP contribution < -0.4 is 15.5 Å². The highest BCUT2D eigenvalue weighted by Crippen LogP contribution is 2.21. The number of nitrogens with one attached hydrogen (secondary N) is 2. The van der Waals surface area contributed by atoms with Gasteiger partial charge in [0.15, 0.2) is 5.96 Å². The molecule has 0 radical (unpaired) electrons. The van der Waals surface area contributed by atoms with Gasteiger partial charge < -0.3 is 20.3 Å². The summed E-state index contributed by atoms with van der Waals surface area (Å²) in [6.07, 6.45) is 2.75. The first-order valence-corrected chi connectivity index (χ1v) is 8.07. The third kappa shape index (κ3) is 6.27. The van der Waals surface area contributed by atoms with Crippen molar-refractivity contribution in [2.24, 2.45) is 4.99 Å². The van der Waals surface area contributed by atoms with Crippen molar-refractivity contribution in [2.45, 2.75) is 25.8 Å². The van der Waals surface area contributed by atoms with Crippen molar-refractivity contribution in [2.75, 3.05) is 38.8 Å². The Morgan fingerprint density at radius 2 is 2.00 bits per heavy atom. The molecule has 2 rings (SSSR count). The maximum Gasteiger partial charge on any atom is 0.226 e. The van der Waals surface area contributed by atoms with Gasteiger partial charge in [0, 0.05) is 45.9 Å². The number of amides is 1. The van der Waals surface area contributed by atoms with E-state index in [1.807, 2.05) is 29.2 Å². The SMILES string of the molecule is CN=C(NCCOC)NCc1ccc(N2CCCCC2=O)cc1.I. The Labute approximate surface area is 161 Å². The third-order valence-electron chi connectivity index (χ3n) is 3.85. The van der Waals surface area contributed by atoms with E-state index < -0.39 is 0 Å². The van der Waals surface area contributed by atoms with Crippen molar-refractivity contribution in [3.8, 4) is 0 Å². The van der Waals surface area contributed by atoms with Gasteiger partial charge in [-0.15, -0.1) is 24.0 Å². The second-order valence-corrected chi connectivity index (χ2v) is 5.51. The second-order valence-electron chi connectivity index (χ2n) is 5.51. The smallest absolute Gasteiger partial charge is 0.226 e. The number of piperidine rings is 1. The van der Waals surface area contributed by atoms with Crippen LogP contribution in [-0.4, -0.2) is 45.7 Å². The van der Waals surface area contributed by atoms with Gasteiger partial charge in [0.25, 0.3) is 0 Å². The summed E-state index contributed by atoms with van der Waals surface area (Å²) in [7, 11) is 3.42. The van der Waals surface area contributed by atoms with Crippen LogP contribution in [0.15, 0.2) is 29.3 Å². The first kappa shape index (κ1) is 20.7. The van der Waals surface area contributed by atoms with E-state index in [0.29, 0.717) is 26.1 Å². The van der Waals surface area contributed by atoms with E-state index in [4.69, 9.17) is 4.74 Å². The predicted octanol–water partition coefficient (Wildman–Crippen LogP) is 2.13. The lowest BCUT2D eigenvalue weighted by Gasteiger charge is -2.26. The van der Waals surface area contributed by atoms with Crippen molar-refractivity contribution >= 4 is 41.5 Å². The van der Waals surface area contributed by atoms with E-state index in [1.165, 1.54) is 0 Å². The van der Waals surface area contributed by atoms with Crippen LogP contribution in [0.25, 0.3) is 0 Å². The summed E-state index contributed by atoms with van der Waals surface area (Å²) in [5.74, 6) is 0.974. The minimum Gasteiger partial charge on any atom is -0.383 e. The molecule has 2 N–H and O–H groups in total. The number of anilines is 1. The van der Waals surface area contributed by atoms with Crippen LogP contribution in [-0.2, 0) is 16.1 Å². The minimum absolute atomic E-state index is 0. The predicted molar refractivity (Wildman–Crippen MR) is 108 cm³/mol. The first-order chi connectivity index (χ1) is 11.2. The fourth-order valence-electron chi connectivity index (χ4n) is 2.55. The molecule has 1 aliphatic heterocycles. The number of ether oxygens (including phenoxy) is 1. The van der Waals surface area contributed by atoms with Gasteiger partial charge in [-0.25, -0.2) is 0 Å². The zero-order valence-electron chi connectivity index (χ0n) is 14.4. The topological polar surface area (TPSA) is 66.0 Å². The lowest BCUT2D eigenvalue weighted by Crippen LogP contribution is -2.38. The minimum atomic E-state index is 0. The van der Waals surface area contributed by atoms with Crippen molar-refractivity contribution in [1.82, 2.24) is 10.6 Å². The highest BCUT2D eigenvalue weighted by Gasteiger charge is 2.19. The Balaban J connectivity index is 0.00000288. The number of carbonyl (C=O) groups excluding carboxylic acids is 1. The second kappa shape index (κ2) is 11.2. The highest BCUT2D eigenvalue weighted by molar-refractivity contribution is 14.0. The molecule has 7 heteroatoms. The Morgan fingerprint density at radius 1 is 1.25 bits per heavy atom. The summed E-state index contributed by atoms with van der Waals surface area (Å²) in [4.78, 5) is 18.0. The van der Waals surface area contributed by atoms with E-state index in [0.717, 1.165) is 36.6 Å². The molecule has 0 spiro atoms. The van der Waals surface area contributed by atoms with Crippen LogP contribution >= 0.6 is 24.0 Å². The number of rotatable bonds is 6. The van der Waals surface area contributed by atoms with Crippen molar-refractivity contribution < 1.29 is 9.53 Å². The number of nitrogens with zero attached hydrogens (tertiary/aromatic N) is 2. The van der Waals surface area contributed by atoms with Crippen LogP contribution in [0.2, 0.25) is 0 Å². The third-order valence-corrected chi connectivity index (χ3v) is 3.85. The maximum absolute atomic E-state index is 11.9. The van der Waals surface area contributed by atoms with E-state index >= 15 is 0 Å². The number of benzene rings is 1. The summed E-state index contributed by atoms with van der Waals surface area (Å²) in [6.45, 7) is 2.86. The standard InChI is InChI=1S/C17H26N4O2.HI/c1-18-17(19-10-12-23-2)20-13-14-6-8-15(9-7-14)21-11-4-3-5-16(21)22;/h6-9H,3-5,10-13H2,1-2H3,(H2,18,19,20);1H. The molecule has 1 aromatic carbocycles. The molecule has 0 unspecified atom stereocenters. The largest absolute Gasteiger partial charge is 0.383 e. The summed E-state index contributed by atoms with van der Waals surface area (Å²) >= 11 is 0. The molecule has 6 nitrogen and oxygen atoms in total. The summed E-state index contributed by atoms with van der Waals surface area (Å²) < 4.78 is 5.00. The molecule has 1 amide bonds. The maximum atomic E-state index is 11.9. The van der Waals surface area contributed by atoms with E-state index in [9.17, 15) is 4.79 Å². The number of hydrogen-bond acceptors (Lipinski definition) is 3. The van der Waals surface area contributed by atoms with Gasteiger partial charge in [-0.1, -0.05) is 12.1 Å². The number of guanidine groups is 1. The fraction of sp³-hybridized carbons (Fsp3) is 0.529. The fourth-order valence-corrected chi connectivity index (χ4v) is 2.55. The van der Waals surface area contributed by atoms with Crippen LogP contribution in [0.4, 0.5) is 5.69 Å². The lowest BCUT2D eigenvalue weighted by atomic mass is 10.1. The Hall–Kier alpha value is -1.35. The molecular weight excluding hydrogens is 419 g/mol. The van der Waals surface area contributed by atoms with Gasteiger partial charge in [-0.3, -0.25) is 9.79 Å². The van der Waals surface area contributed by atoms with E-state index in [1.54, 1.807) is 14.2 Å². The normalized spacial score (nSPS) is 15.0. The van der Waals surface area contributed by atoms with Gasteiger partial charge in [-0.05, 0) is 30.5 Å². The molecule has 1 aromatic rings. The Kier molecular flexibility index (Phi) is 9.70. The van der Waals surface area contributed by atoms with Crippen molar-refractivity contribution in [1.29, 1.82) is 0 Å². The molecule has 0 aliphatic carbocycles. The van der Waals surface area contributed by atoms with Gasteiger partial charge >= 0.3 is 0 Å². The zero-order valence-corrected chi connectivity index (χ0v) is 16.7. The molecule has 24 heavy (non-hydrogen) atoms. The molecule has 0 bridgehead atoms. The molecule has 1 heterocycles. The van der Waals surface area contributed by atoms with Gasteiger partial charge in [0.2, 0.25) is 5.91 Å². The lowest BCUT2D eigenvalue weighted by molar-refractivity contribution is -0.119. The average molecular weight is 446 g/mol. The summed E-state index contributed by atoms with van der Waals surface area (Å²) in [5.41, 5.74) is 2.13. The van der Waals surface area contributed by atoms with Crippen LogP contribution in [0.5, 0.6) is 0 Å². The quantitative estimate of drug-likeness (QED) is 0.304. The highest BCUT2D eigenvalue weighted by atomic mass is 127. The van der Waals surface area contributed by atoms with Crippen LogP contribution in [0, 0.1) is 0 Å². The van der Waals surface area contributed by atoms with Crippen LogP contribution in [0.1, 0.15) is 24.8 Å². The molecule has 1 aliphatic rings. The first-order valence-electron chi connectivity index (χ1n) is 8.07. The van der Waals surface area contributed by atoms with Crippen LogP contribution in [0.3, 0.4) is 0 Å². The summed E-state index contributed by atoms with van der Waals surface area (Å²) in [5, 5.41) is 6.43. The number of methoxy groups -OCH3 is 1. The molecule has 1 fully saturated rings. The number of hydrogen-bond donors (Lipinski definition) is 2. The van der Waals surface area contributed by atoms with E-state index in [-0.39, 0.29) is 29.9 Å². The molecule has 134 valence electrons. The zero-order chi connectivity index (χ0) is 16.5. The van der Waals surface area contributed by atoms with E-state index in [2.05, 4.69) is 15.6 Å². The molecule has 0 atom stereocenters. The monoisotopic (exact) mass is 446 g/mol. The summed E-state index contributed by atoms with van der Waals surface area (Å²) in [6, 6.07) is 8.13. The number of carbonyl (C=O) groups is 1. The van der Waals surface area contributed by atoms with Gasteiger partial charge in [-0.2, -0.15) is 0 Å². The van der Waals surface area contributed by atoms with Gasteiger partial charge in [0.1, 0.15) is 0 Å². The Morgan fingerprint density at radius 3 is 2.62 bits per heavy atom. The van der Waals surface area contributed by atoms with Gasteiger partial charge in [0.05, 0.1) is 6.61 Å². The number of halogens is 1. The molecular formula is C17H27IN4O2. The number of aliphatic imine (C=N–C) groups is 1.